The van der Waals surface area contributed by atoms with Crippen molar-refractivity contribution in [3.8, 4) is 23.3 Å². The van der Waals surface area contributed by atoms with Gasteiger partial charge >= 0.3 is 0 Å². The summed E-state index contributed by atoms with van der Waals surface area (Å²) in [6, 6.07) is 25.2. The zero-order valence-corrected chi connectivity index (χ0v) is 15.3. The van der Waals surface area contributed by atoms with Gasteiger partial charge in [-0.2, -0.15) is 5.26 Å². The molecule has 3 aromatic carbocycles. The highest BCUT2D eigenvalue weighted by Crippen LogP contribution is 2.34. The fourth-order valence-corrected chi connectivity index (χ4v) is 2.92. The summed E-state index contributed by atoms with van der Waals surface area (Å²) in [5.74, 6) is 2.14. The van der Waals surface area contributed by atoms with Gasteiger partial charge in [-0.25, -0.2) is 0 Å². The average molecular weight is 372 g/mol. The van der Waals surface area contributed by atoms with Gasteiger partial charge in [0.05, 0.1) is 11.6 Å². The molecule has 0 aliphatic carbocycles. The highest BCUT2D eigenvalue weighted by molar-refractivity contribution is 5.55. The molecule has 0 radical (unpaired) electrons. The van der Waals surface area contributed by atoms with Gasteiger partial charge in [0.2, 0.25) is 0 Å². The summed E-state index contributed by atoms with van der Waals surface area (Å²) >= 11 is 0. The number of benzene rings is 3. The van der Waals surface area contributed by atoms with Crippen molar-refractivity contribution in [3.05, 3.63) is 83.9 Å². The maximum atomic E-state index is 8.85. The summed E-state index contributed by atoms with van der Waals surface area (Å²) in [5, 5.41) is 12.2. The van der Waals surface area contributed by atoms with E-state index in [0.29, 0.717) is 30.3 Å². The van der Waals surface area contributed by atoms with Crippen molar-refractivity contribution in [1.29, 1.82) is 5.26 Å². The molecule has 0 spiro atoms. The first-order chi connectivity index (χ1) is 13.8. The molecule has 3 aromatic rings. The van der Waals surface area contributed by atoms with Crippen LogP contribution in [0.2, 0.25) is 0 Å². The Morgan fingerprint density at radius 1 is 1.00 bits per heavy atom. The Morgan fingerprint density at radius 2 is 1.82 bits per heavy atom. The summed E-state index contributed by atoms with van der Waals surface area (Å²) in [4.78, 5) is 0. The zero-order chi connectivity index (χ0) is 19.2. The van der Waals surface area contributed by atoms with Crippen molar-refractivity contribution in [2.45, 2.75) is 12.6 Å². The van der Waals surface area contributed by atoms with E-state index in [1.807, 2.05) is 36.4 Å². The van der Waals surface area contributed by atoms with Gasteiger partial charge < -0.3 is 19.5 Å². The molecule has 0 saturated carbocycles. The Bertz CT molecular complexity index is 965. The molecule has 140 valence electrons. The van der Waals surface area contributed by atoms with E-state index in [-0.39, 0.29) is 6.10 Å². The molecule has 1 heterocycles. The van der Waals surface area contributed by atoms with Crippen LogP contribution in [-0.2, 0) is 6.54 Å². The van der Waals surface area contributed by atoms with Crippen LogP contribution >= 0.6 is 0 Å². The molecule has 5 nitrogen and oxygen atoms in total. The van der Waals surface area contributed by atoms with E-state index in [0.717, 1.165) is 18.0 Å². The number of ether oxygens (including phenoxy) is 3. The van der Waals surface area contributed by atoms with Crippen molar-refractivity contribution in [2.24, 2.45) is 0 Å². The van der Waals surface area contributed by atoms with E-state index in [2.05, 4.69) is 23.5 Å². The van der Waals surface area contributed by atoms with Gasteiger partial charge in [0.1, 0.15) is 19.0 Å². The first-order valence-electron chi connectivity index (χ1n) is 9.14. The molecule has 0 bridgehead atoms. The number of rotatable bonds is 6. The Hall–Kier alpha value is -3.65. The lowest BCUT2D eigenvalue weighted by Gasteiger charge is -2.27. The third kappa shape index (κ3) is 4.36. The second kappa shape index (κ2) is 8.36. The molecule has 1 aliphatic heterocycles. The number of hydrogen-bond acceptors (Lipinski definition) is 5. The molecular weight excluding hydrogens is 352 g/mol. The van der Waals surface area contributed by atoms with Crippen LogP contribution in [0.3, 0.4) is 0 Å². The molecule has 5 heteroatoms. The second-order valence-corrected chi connectivity index (χ2v) is 6.50. The number of hydrogen-bond donors (Lipinski definition) is 1. The topological polar surface area (TPSA) is 63.5 Å². The maximum absolute atomic E-state index is 8.85. The predicted octanol–water partition coefficient (Wildman–Crippen LogP) is 4.39. The Labute approximate surface area is 164 Å². The number of fused-ring (bicyclic) bond motifs is 1. The third-order valence-corrected chi connectivity index (χ3v) is 4.42. The summed E-state index contributed by atoms with van der Waals surface area (Å²) in [5.41, 5.74) is 2.79. The number of nitriles is 1. The van der Waals surface area contributed by atoms with Crippen LogP contribution in [-0.4, -0.2) is 19.3 Å². The minimum Gasteiger partial charge on any atom is -0.490 e. The van der Waals surface area contributed by atoms with E-state index < -0.39 is 0 Å². The van der Waals surface area contributed by atoms with Gasteiger partial charge in [-0.1, -0.05) is 30.3 Å². The molecule has 0 aromatic heterocycles. The van der Waals surface area contributed by atoms with E-state index in [1.165, 1.54) is 5.56 Å². The number of anilines is 1. The Morgan fingerprint density at radius 3 is 2.61 bits per heavy atom. The molecule has 1 atom stereocenters. The van der Waals surface area contributed by atoms with Gasteiger partial charge in [-0.15, -0.1) is 0 Å². The Balaban J connectivity index is 1.35. The first kappa shape index (κ1) is 17.7. The molecule has 0 fully saturated rings. The predicted molar refractivity (Wildman–Crippen MR) is 107 cm³/mol. The summed E-state index contributed by atoms with van der Waals surface area (Å²) in [6.07, 6.45) is -0.201. The van der Waals surface area contributed by atoms with Crippen LogP contribution in [0.1, 0.15) is 11.1 Å². The second-order valence-electron chi connectivity index (χ2n) is 6.50. The lowest BCUT2D eigenvalue weighted by atomic mass is 10.2. The van der Waals surface area contributed by atoms with Gasteiger partial charge in [0.25, 0.3) is 0 Å². The third-order valence-electron chi connectivity index (χ3n) is 4.42. The van der Waals surface area contributed by atoms with Crippen molar-refractivity contribution >= 4 is 5.69 Å². The van der Waals surface area contributed by atoms with E-state index in [4.69, 9.17) is 19.5 Å². The lowest BCUT2D eigenvalue weighted by Crippen LogP contribution is -2.34. The highest BCUT2D eigenvalue weighted by atomic mass is 16.6. The standard InChI is InChI=1S/C23H20N2O3/c24-13-17-6-9-20(10-7-17)26-15-21-16-27-22-11-8-19(12-23(22)28-21)25-14-18-4-2-1-3-5-18/h1-12,21,25H,14-16H2/t21-/m1/s1. The molecule has 28 heavy (non-hydrogen) atoms. The van der Waals surface area contributed by atoms with Crippen LogP contribution in [0.15, 0.2) is 72.8 Å². The van der Waals surface area contributed by atoms with E-state index in [9.17, 15) is 0 Å². The van der Waals surface area contributed by atoms with E-state index in [1.54, 1.807) is 24.3 Å². The molecule has 4 rings (SSSR count). The first-order valence-corrected chi connectivity index (χ1v) is 9.14. The molecule has 1 aliphatic rings. The van der Waals surface area contributed by atoms with Crippen LogP contribution in [0.5, 0.6) is 17.2 Å². The van der Waals surface area contributed by atoms with Crippen molar-refractivity contribution < 1.29 is 14.2 Å². The average Bonchev–Trinajstić information content (AvgIpc) is 2.77. The largest absolute Gasteiger partial charge is 0.490 e. The van der Waals surface area contributed by atoms with Crippen LogP contribution in [0.4, 0.5) is 5.69 Å². The summed E-state index contributed by atoms with van der Waals surface area (Å²) < 4.78 is 17.6. The van der Waals surface area contributed by atoms with Gasteiger partial charge in [-0.05, 0) is 42.0 Å². The SMILES string of the molecule is N#Cc1ccc(OC[C@@H]2COc3ccc(NCc4ccccc4)cc3O2)cc1. The minimum absolute atomic E-state index is 0.201. The van der Waals surface area contributed by atoms with Crippen molar-refractivity contribution in [1.82, 2.24) is 0 Å². The molecule has 0 unspecified atom stereocenters. The minimum atomic E-state index is -0.201. The number of nitrogens with one attached hydrogen (secondary N) is 1. The van der Waals surface area contributed by atoms with Crippen molar-refractivity contribution in [2.75, 3.05) is 18.5 Å². The van der Waals surface area contributed by atoms with E-state index >= 15 is 0 Å². The normalized spacial score (nSPS) is 14.8. The van der Waals surface area contributed by atoms with Gasteiger partial charge in [0, 0.05) is 18.3 Å². The summed E-state index contributed by atoms with van der Waals surface area (Å²) in [7, 11) is 0. The maximum Gasteiger partial charge on any atom is 0.166 e. The smallest absolute Gasteiger partial charge is 0.166 e. The molecule has 0 amide bonds. The Kier molecular flexibility index (Phi) is 5.30. The highest BCUT2D eigenvalue weighted by Gasteiger charge is 2.22. The van der Waals surface area contributed by atoms with Gasteiger partial charge in [0.15, 0.2) is 17.6 Å². The van der Waals surface area contributed by atoms with Crippen LogP contribution < -0.4 is 19.5 Å². The fraction of sp³-hybridized carbons (Fsp3) is 0.174. The molecule has 1 N–H and O–H groups in total. The monoisotopic (exact) mass is 372 g/mol. The summed E-state index contributed by atoms with van der Waals surface area (Å²) in [6.45, 7) is 1.54. The number of nitrogens with zero attached hydrogens (tertiary/aromatic N) is 1. The molecule has 0 saturated heterocycles. The van der Waals surface area contributed by atoms with Gasteiger partial charge in [-0.3, -0.25) is 0 Å². The lowest BCUT2D eigenvalue weighted by molar-refractivity contribution is 0.0536. The van der Waals surface area contributed by atoms with Crippen molar-refractivity contribution in [3.63, 3.8) is 0 Å². The molecular formula is C23H20N2O3. The quantitative estimate of drug-likeness (QED) is 0.695. The zero-order valence-electron chi connectivity index (χ0n) is 15.3. The van der Waals surface area contributed by atoms with Crippen LogP contribution in [0.25, 0.3) is 0 Å². The van der Waals surface area contributed by atoms with Crippen LogP contribution in [0, 0.1) is 11.3 Å². The fourth-order valence-electron chi connectivity index (χ4n) is 2.92.